The van der Waals surface area contributed by atoms with Gasteiger partial charge in [-0.3, -0.25) is 0 Å². The van der Waals surface area contributed by atoms with Crippen LogP contribution in [0.1, 0.15) is 0 Å². The highest BCUT2D eigenvalue weighted by molar-refractivity contribution is 14.1. The maximum absolute atomic E-state index is 9.50. The van der Waals surface area contributed by atoms with Gasteiger partial charge in [0.15, 0.2) is 0 Å². The van der Waals surface area contributed by atoms with Crippen molar-refractivity contribution in [3.05, 3.63) is 52.1 Å². The lowest BCUT2D eigenvalue weighted by Crippen LogP contribution is -1.99. The summed E-state index contributed by atoms with van der Waals surface area (Å²) < 4.78 is 0.732. The van der Waals surface area contributed by atoms with Crippen molar-refractivity contribution in [2.45, 2.75) is 0 Å². The molecule has 20 heavy (non-hydrogen) atoms. The maximum atomic E-state index is 9.50. The van der Waals surface area contributed by atoms with E-state index in [1.807, 2.05) is 52.9 Å². The van der Waals surface area contributed by atoms with Crippen molar-refractivity contribution in [1.29, 1.82) is 0 Å². The second-order valence-electron chi connectivity index (χ2n) is 4.08. The Morgan fingerprint density at radius 3 is 1.95 bits per heavy atom. The number of aromatic hydroxyl groups is 1. The maximum Gasteiger partial charge on any atom is 0.203 e. The van der Waals surface area contributed by atoms with Crippen LogP contribution in [-0.2, 0) is 0 Å². The molecule has 98 valence electrons. The van der Waals surface area contributed by atoms with Gasteiger partial charge in [0.25, 0.3) is 0 Å². The number of rotatable bonds is 2. The van der Waals surface area contributed by atoms with E-state index in [0.29, 0.717) is 11.6 Å². The molecule has 1 aromatic heterocycles. The van der Waals surface area contributed by atoms with Crippen molar-refractivity contribution in [3.63, 3.8) is 0 Å². The molecule has 0 bridgehead atoms. The molecule has 0 aliphatic carbocycles. The zero-order valence-electron chi connectivity index (χ0n) is 10.2. The number of nitrogens with zero attached hydrogens (tertiary/aromatic N) is 4. The Hall–Kier alpha value is -2.09. The monoisotopic (exact) mass is 373 g/mol. The van der Waals surface area contributed by atoms with E-state index < -0.39 is 0 Å². The molecule has 5 nitrogen and oxygen atoms in total. The first kappa shape index (κ1) is 12.9. The molecule has 0 atom stereocenters. The first-order chi connectivity index (χ1) is 9.74. The van der Waals surface area contributed by atoms with Gasteiger partial charge in [-0.1, -0.05) is 30.3 Å². The van der Waals surface area contributed by atoms with Crippen molar-refractivity contribution in [2.75, 3.05) is 0 Å². The number of benzene rings is 2. The van der Waals surface area contributed by atoms with Gasteiger partial charge in [-0.05, 0) is 40.8 Å². The molecule has 0 spiro atoms. The summed E-state index contributed by atoms with van der Waals surface area (Å²) in [7, 11) is 0. The van der Waals surface area contributed by atoms with Gasteiger partial charge < -0.3 is 5.11 Å². The van der Waals surface area contributed by atoms with Crippen LogP contribution in [0.3, 0.4) is 0 Å². The molecule has 2 aromatic carbocycles. The Morgan fingerprint density at radius 1 is 0.750 bits per heavy atom. The lowest BCUT2D eigenvalue weighted by Gasteiger charge is -2.02. The van der Waals surface area contributed by atoms with Gasteiger partial charge in [-0.2, -0.15) is 0 Å². The van der Waals surface area contributed by atoms with Crippen LogP contribution in [0.15, 0.2) is 48.5 Å². The van der Waals surface area contributed by atoms with E-state index >= 15 is 0 Å². The van der Waals surface area contributed by atoms with E-state index in [9.17, 15) is 5.11 Å². The van der Waals surface area contributed by atoms with E-state index in [0.717, 1.165) is 14.7 Å². The Bertz CT molecular complexity index is 732. The van der Waals surface area contributed by atoms with E-state index in [-0.39, 0.29) is 5.75 Å². The van der Waals surface area contributed by atoms with E-state index in [2.05, 4.69) is 20.4 Å². The quantitative estimate of drug-likeness (QED) is 0.700. The molecule has 1 heterocycles. The normalized spacial score (nSPS) is 10.4. The first-order valence-electron chi connectivity index (χ1n) is 5.86. The van der Waals surface area contributed by atoms with Gasteiger partial charge in [-0.15, -0.1) is 20.4 Å². The van der Waals surface area contributed by atoms with Crippen molar-refractivity contribution < 1.29 is 5.11 Å². The van der Waals surface area contributed by atoms with Gasteiger partial charge in [0.05, 0.1) is 3.57 Å². The molecule has 3 aromatic rings. The standard InChI is InChI=1S/C14H9IN4O/c15-11-8-10(6-7-12(11)20)14-18-16-13(17-19-14)9-4-2-1-3-5-9/h1-8,20H/i15-3. The van der Waals surface area contributed by atoms with Gasteiger partial charge in [0, 0.05) is 11.1 Å². The van der Waals surface area contributed by atoms with Gasteiger partial charge >= 0.3 is 0 Å². The van der Waals surface area contributed by atoms with Crippen LogP contribution in [0.4, 0.5) is 0 Å². The van der Waals surface area contributed by atoms with Crippen LogP contribution < -0.4 is 0 Å². The minimum Gasteiger partial charge on any atom is -0.507 e. The smallest absolute Gasteiger partial charge is 0.203 e. The van der Waals surface area contributed by atoms with E-state index in [1.54, 1.807) is 18.2 Å². The molecule has 0 unspecified atom stereocenters. The molecule has 1 N–H and O–H groups in total. The number of aromatic nitrogens is 4. The number of halogens is 1. The molecule has 0 radical (unpaired) electrons. The fourth-order valence-electron chi connectivity index (χ4n) is 1.69. The Balaban J connectivity index is 1.95. The highest BCUT2D eigenvalue weighted by Gasteiger charge is 2.08. The predicted octanol–water partition coefficient (Wildman–Crippen LogP) is 2.91. The fraction of sp³-hybridized carbons (Fsp3) is 0. The topological polar surface area (TPSA) is 71.8 Å². The molecule has 0 saturated heterocycles. The lowest BCUT2D eigenvalue weighted by molar-refractivity contribution is 0.471. The highest BCUT2D eigenvalue weighted by atomic mass is 124. The average molecular weight is 373 g/mol. The summed E-state index contributed by atoms with van der Waals surface area (Å²) in [4.78, 5) is 0. The molecule has 0 amide bonds. The highest BCUT2D eigenvalue weighted by Crippen LogP contribution is 2.24. The molecule has 0 fully saturated rings. The van der Waals surface area contributed by atoms with Crippen LogP contribution in [0, 0.1) is 3.57 Å². The Kier molecular flexibility index (Phi) is 3.55. The minimum absolute atomic E-state index is 0.233. The summed E-state index contributed by atoms with van der Waals surface area (Å²) >= 11 is 2.05. The summed E-state index contributed by atoms with van der Waals surface area (Å²) in [6.45, 7) is 0. The summed E-state index contributed by atoms with van der Waals surface area (Å²) in [5.74, 6) is 1.15. The zero-order valence-corrected chi connectivity index (χ0v) is 12.4. The van der Waals surface area contributed by atoms with Crippen LogP contribution >= 0.6 is 22.6 Å². The average Bonchev–Trinajstić information content (AvgIpc) is 2.51. The Labute approximate surface area is 128 Å². The van der Waals surface area contributed by atoms with Crippen LogP contribution in [0.5, 0.6) is 5.75 Å². The molecule has 0 saturated carbocycles. The fourth-order valence-corrected chi connectivity index (χ4v) is 2.21. The summed E-state index contributed by atoms with van der Waals surface area (Å²) in [6.07, 6.45) is 0. The molecule has 0 aliphatic heterocycles. The SMILES string of the molecule is Oc1ccc(-c2nnc(-c3ccccc3)nn2)cc1[124I]. The van der Waals surface area contributed by atoms with Gasteiger partial charge in [0.2, 0.25) is 11.6 Å². The van der Waals surface area contributed by atoms with E-state index in [4.69, 9.17) is 0 Å². The second kappa shape index (κ2) is 5.49. The third kappa shape index (κ3) is 2.60. The van der Waals surface area contributed by atoms with Crippen molar-refractivity contribution in [1.82, 2.24) is 20.4 Å². The van der Waals surface area contributed by atoms with E-state index in [1.165, 1.54) is 0 Å². The number of hydrogen-bond acceptors (Lipinski definition) is 5. The van der Waals surface area contributed by atoms with Crippen molar-refractivity contribution >= 4 is 22.6 Å². The summed E-state index contributed by atoms with van der Waals surface area (Å²) in [6, 6.07) is 14.7. The van der Waals surface area contributed by atoms with Crippen LogP contribution in [-0.4, -0.2) is 25.5 Å². The zero-order chi connectivity index (χ0) is 13.9. The minimum atomic E-state index is 0.233. The Morgan fingerprint density at radius 2 is 1.35 bits per heavy atom. The number of phenols is 1. The summed E-state index contributed by atoms with van der Waals surface area (Å²) in [5, 5.41) is 25.9. The molecular weight excluding hydrogens is 364 g/mol. The molecular formula is C14H9IN4O. The van der Waals surface area contributed by atoms with Gasteiger partial charge in [-0.25, -0.2) is 0 Å². The second-order valence-corrected chi connectivity index (χ2v) is 5.24. The molecule has 6 heteroatoms. The van der Waals surface area contributed by atoms with Crippen molar-refractivity contribution in [2.24, 2.45) is 0 Å². The van der Waals surface area contributed by atoms with Crippen molar-refractivity contribution in [3.8, 4) is 28.5 Å². The summed E-state index contributed by atoms with van der Waals surface area (Å²) in [5.41, 5.74) is 1.64. The lowest BCUT2D eigenvalue weighted by atomic mass is 10.2. The number of hydrogen-bond donors (Lipinski definition) is 1. The van der Waals surface area contributed by atoms with Crippen LogP contribution in [0.2, 0.25) is 0 Å². The number of phenolic OH excluding ortho intramolecular Hbond substituents is 1. The largest absolute Gasteiger partial charge is 0.507 e. The molecule has 0 aliphatic rings. The predicted molar refractivity (Wildman–Crippen MR) is 82.9 cm³/mol. The third-order valence-electron chi connectivity index (χ3n) is 2.72. The molecule has 3 rings (SSSR count). The third-order valence-corrected chi connectivity index (χ3v) is 3.58. The van der Waals surface area contributed by atoms with Crippen LogP contribution in [0.25, 0.3) is 22.8 Å². The van der Waals surface area contributed by atoms with Gasteiger partial charge in [0.1, 0.15) is 5.75 Å². The first-order valence-corrected chi connectivity index (χ1v) is 6.93.